The van der Waals surface area contributed by atoms with Crippen molar-refractivity contribution in [2.75, 3.05) is 7.11 Å². The van der Waals surface area contributed by atoms with Gasteiger partial charge in [-0.15, -0.1) is 0 Å². The quantitative estimate of drug-likeness (QED) is 0.529. The third-order valence-electron chi connectivity index (χ3n) is 0.727. The van der Waals surface area contributed by atoms with E-state index in [0.29, 0.717) is 0 Å². The first kappa shape index (κ1) is 7.43. The number of hydroxylamine groups is 1. The van der Waals surface area contributed by atoms with Crippen molar-refractivity contribution in [2.45, 2.75) is 13.8 Å². The van der Waals surface area contributed by atoms with Crippen LogP contribution in [0, 0.1) is 5.92 Å². The normalized spacial score (nSPS) is 9.50. The molecule has 0 spiro atoms. The van der Waals surface area contributed by atoms with Gasteiger partial charge < -0.3 is 0 Å². The van der Waals surface area contributed by atoms with Gasteiger partial charge in [0.05, 0.1) is 7.11 Å². The Balaban J connectivity index is 3.33. The number of amides is 1. The number of rotatable bonds is 2. The summed E-state index contributed by atoms with van der Waals surface area (Å²) in [6.45, 7) is 3.60. The van der Waals surface area contributed by atoms with E-state index in [4.69, 9.17) is 0 Å². The van der Waals surface area contributed by atoms with E-state index in [9.17, 15) is 4.79 Å². The average molecular weight is 117 g/mol. The molecule has 3 nitrogen and oxygen atoms in total. The molecule has 0 saturated carbocycles. The third-order valence-corrected chi connectivity index (χ3v) is 0.727. The largest absolute Gasteiger partial charge is 0.277 e. The first-order valence-corrected chi connectivity index (χ1v) is 2.51. The molecular formula is C5H11NO2. The second-order valence-electron chi connectivity index (χ2n) is 1.83. The van der Waals surface area contributed by atoms with Gasteiger partial charge in [-0.05, 0) is 0 Å². The van der Waals surface area contributed by atoms with Crippen molar-refractivity contribution in [1.82, 2.24) is 5.48 Å². The van der Waals surface area contributed by atoms with Crippen LogP contribution in [0.5, 0.6) is 0 Å². The molecule has 0 fully saturated rings. The SMILES string of the molecule is CONC(=O)C(C)C. The summed E-state index contributed by atoms with van der Waals surface area (Å²) < 4.78 is 0. The Kier molecular flexibility index (Phi) is 3.19. The standard InChI is InChI=1S/C5H11NO2/c1-4(2)5(7)6-8-3/h4H,1-3H3,(H,6,7). The molecule has 0 aliphatic carbocycles. The highest BCUT2D eigenvalue weighted by Crippen LogP contribution is 1.88. The molecule has 48 valence electrons. The summed E-state index contributed by atoms with van der Waals surface area (Å²) >= 11 is 0. The van der Waals surface area contributed by atoms with Gasteiger partial charge in [-0.3, -0.25) is 9.63 Å². The van der Waals surface area contributed by atoms with Gasteiger partial charge >= 0.3 is 0 Å². The lowest BCUT2D eigenvalue weighted by Crippen LogP contribution is -2.26. The van der Waals surface area contributed by atoms with Crippen molar-refractivity contribution in [2.24, 2.45) is 5.92 Å². The van der Waals surface area contributed by atoms with Crippen LogP contribution < -0.4 is 5.48 Å². The fourth-order valence-electron chi connectivity index (χ4n) is 0.218. The summed E-state index contributed by atoms with van der Waals surface area (Å²) in [6.07, 6.45) is 0. The Labute approximate surface area is 49.0 Å². The fourth-order valence-corrected chi connectivity index (χ4v) is 0.218. The van der Waals surface area contributed by atoms with Gasteiger partial charge in [0, 0.05) is 5.92 Å². The molecule has 0 aliphatic heterocycles. The van der Waals surface area contributed by atoms with Crippen molar-refractivity contribution in [1.29, 1.82) is 0 Å². The molecule has 0 saturated heterocycles. The number of nitrogens with one attached hydrogen (secondary N) is 1. The Morgan fingerprint density at radius 1 is 1.62 bits per heavy atom. The van der Waals surface area contributed by atoms with Crippen molar-refractivity contribution in [3.8, 4) is 0 Å². The monoisotopic (exact) mass is 117 g/mol. The minimum absolute atomic E-state index is 0.00468. The minimum Gasteiger partial charge on any atom is -0.277 e. The molecular weight excluding hydrogens is 106 g/mol. The van der Waals surface area contributed by atoms with Gasteiger partial charge in [0.25, 0.3) is 0 Å². The summed E-state index contributed by atoms with van der Waals surface area (Å²) in [6, 6.07) is 0. The molecule has 8 heavy (non-hydrogen) atoms. The molecule has 0 aromatic heterocycles. The number of hydrogen-bond donors (Lipinski definition) is 1. The molecule has 0 aliphatic rings. The molecule has 1 N–H and O–H groups in total. The molecule has 0 radical (unpaired) electrons. The van der Waals surface area contributed by atoms with E-state index >= 15 is 0 Å². The van der Waals surface area contributed by atoms with Crippen LogP contribution in [0.4, 0.5) is 0 Å². The second kappa shape index (κ2) is 3.43. The van der Waals surface area contributed by atoms with Gasteiger partial charge in [-0.1, -0.05) is 13.8 Å². The molecule has 0 heterocycles. The summed E-state index contributed by atoms with van der Waals surface area (Å²) in [5.41, 5.74) is 2.21. The number of carbonyl (C=O) groups excluding carboxylic acids is 1. The van der Waals surface area contributed by atoms with Gasteiger partial charge in [0.1, 0.15) is 0 Å². The van der Waals surface area contributed by atoms with Crippen LogP contribution in [0.1, 0.15) is 13.8 Å². The zero-order valence-electron chi connectivity index (χ0n) is 5.39. The molecule has 3 heteroatoms. The van der Waals surface area contributed by atoms with E-state index in [2.05, 4.69) is 10.3 Å². The zero-order valence-corrected chi connectivity index (χ0v) is 5.39. The van der Waals surface area contributed by atoms with Crippen LogP contribution >= 0.6 is 0 Å². The van der Waals surface area contributed by atoms with Crippen LogP contribution in [-0.4, -0.2) is 13.0 Å². The molecule has 1 amide bonds. The Morgan fingerprint density at radius 3 is 2.25 bits per heavy atom. The van der Waals surface area contributed by atoms with Crippen molar-refractivity contribution >= 4 is 5.91 Å². The third kappa shape index (κ3) is 2.58. The maximum absolute atomic E-state index is 10.5. The van der Waals surface area contributed by atoms with E-state index in [0.717, 1.165) is 0 Å². The fraction of sp³-hybridized carbons (Fsp3) is 0.800. The Morgan fingerprint density at radius 2 is 2.12 bits per heavy atom. The first-order valence-electron chi connectivity index (χ1n) is 2.51. The van der Waals surface area contributed by atoms with Crippen molar-refractivity contribution < 1.29 is 9.63 Å². The van der Waals surface area contributed by atoms with Gasteiger partial charge in [0.15, 0.2) is 0 Å². The predicted molar refractivity (Wildman–Crippen MR) is 30.0 cm³/mol. The van der Waals surface area contributed by atoms with Gasteiger partial charge in [-0.2, -0.15) is 0 Å². The number of hydrogen-bond acceptors (Lipinski definition) is 2. The van der Waals surface area contributed by atoms with E-state index in [-0.39, 0.29) is 11.8 Å². The van der Waals surface area contributed by atoms with Crippen LogP contribution in [0.25, 0.3) is 0 Å². The van der Waals surface area contributed by atoms with E-state index < -0.39 is 0 Å². The smallest absolute Gasteiger partial charge is 0.246 e. The lowest BCUT2D eigenvalue weighted by Gasteiger charge is -2.02. The van der Waals surface area contributed by atoms with Crippen LogP contribution in [0.2, 0.25) is 0 Å². The predicted octanol–water partition coefficient (Wildman–Crippen LogP) is 0.320. The average Bonchev–Trinajstić information content (AvgIpc) is 1.67. The molecule has 0 rings (SSSR count). The number of carbonyl (C=O) groups is 1. The summed E-state index contributed by atoms with van der Waals surface area (Å²) in [5, 5.41) is 0. The highest BCUT2D eigenvalue weighted by Gasteiger charge is 2.03. The minimum atomic E-state index is -0.0903. The molecule has 0 aromatic rings. The van der Waals surface area contributed by atoms with Crippen LogP contribution in [-0.2, 0) is 9.63 Å². The van der Waals surface area contributed by atoms with E-state index in [1.54, 1.807) is 13.8 Å². The highest BCUT2D eigenvalue weighted by atomic mass is 16.6. The first-order chi connectivity index (χ1) is 3.68. The van der Waals surface area contributed by atoms with Gasteiger partial charge in [0.2, 0.25) is 5.91 Å². The van der Waals surface area contributed by atoms with Crippen LogP contribution in [0.15, 0.2) is 0 Å². The van der Waals surface area contributed by atoms with Crippen molar-refractivity contribution in [3.05, 3.63) is 0 Å². The Hall–Kier alpha value is -0.570. The maximum Gasteiger partial charge on any atom is 0.246 e. The summed E-state index contributed by atoms with van der Waals surface area (Å²) in [4.78, 5) is 14.9. The second-order valence-corrected chi connectivity index (χ2v) is 1.83. The van der Waals surface area contributed by atoms with Crippen molar-refractivity contribution in [3.63, 3.8) is 0 Å². The summed E-state index contributed by atoms with van der Waals surface area (Å²) in [7, 11) is 1.42. The lowest BCUT2D eigenvalue weighted by molar-refractivity contribution is -0.134. The highest BCUT2D eigenvalue weighted by molar-refractivity contribution is 5.76. The molecule has 0 unspecified atom stereocenters. The molecule has 0 bridgehead atoms. The molecule has 0 aromatic carbocycles. The summed E-state index contributed by atoms with van der Waals surface area (Å²) in [5.74, 6) is -0.0950. The van der Waals surface area contributed by atoms with E-state index in [1.807, 2.05) is 0 Å². The lowest BCUT2D eigenvalue weighted by atomic mass is 10.2. The topological polar surface area (TPSA) is 38.3 Å². The van der Waals surface area contributed by atoms with Crippen LogP contribution in [0.3, 0.4) is 0 Å². The zero-order chi connectivity index (χ0) is 6.57. The Bertz CT molecular complexity index is 80.5. The van der Waals surface area contributed by atoms with Gasteiger partial charge in [-0.25, -0.2) is 5.48 Å². The molecule has 0 atom stereocenters. The maximum atomic E-state index is 10.5. The van der Waals surface area contributed by atoms with E-state index in [1.165, 1.54) is 7.11 Å².